The van der Waals surface area contributed by atoms with Gasteiger partial charge in [-0.1, -0.05) is 11.3 Å². The summed E-state index contributed by atoms with van der Waals surface area (Å²) in [4.78, 5) is 12.3. The number of fused-ring (bicyclic) bond motifs is 2. The van der Waals surface area contributed by atoms with Gasteiger partial charge in [0.25, 0.3) is 0 Å². The fourth-order valence-corrected chi connectivity index (χ4v) is 4.86. The van der Waals surface area contributed by atoms with Crippen LogP contribution in [0, 0.1) is 17.8 Å². The maximum absolute atomic E-state index is 12.3. The van der Waals surface area contributed by atoms with Crippen LogP contribution in [0.3, 0.4) is 0 Å². The average Bonchev–Trinajstić information content (AvgIpc) is 3.03. The summed E-state index contributed by atoms with van der Waals surface area (Å²) in [5, 5.41) is 10.6. The Bertz CT molecular complexity index is 657. The first-order chi connectivity index (χ1) is 9.83. The van der Waals surface area contributed by atoms with Gasteiger partial charge in [-0.3, -0.25) is 9.52 Å². The molecule has 1 amide bonds. The van der Waals surface area contributed by atoms with Gasteiger partial charge < -0.3 is 11.1 Å². The quantitative estimate of drug-likeness (QED) is 0.724. The zero-order chi connectivity index (χ0) is 15.2. The highest BCUT2D eigenvalue weighted by Gasteiger charge is 2.49. The van der Waals surface area contributed by atoms with Crippen molar-refractivity contribution in [1.82, 2.24) is 10.2 Å². The molecule has 0 saturated heterocycles. The van der Waals surface area contributed by atoms with Crippen LogP contribution >= 0.6 is 11.3 Å². The van der Waals surface area contributed by atoms with Crippen molar-refractivity contribution in [3.05, 3.63) is 0 Å². The van der Waals surface area contributed by atoms with E-state index in [0.29, 0.717) is 11.8 Å². The van der Waals surface area contributed by atoms with Gasteiger partial charge in [-0.2, -0.15) is 0 Å². The van der Waals surface area contributed by atoms with Gasteiger partial charge in [0, 0.05) is 6.04 Å². The van der Waals surface area contributed by atoms with Crippen LogP contribution in [-0.2, 0) is 14.8 Å². The summed E-state index contributed by atoms with van der Waals surface area (Å²) >= 11 is 0.983. The van der Waals surface area contributed by atoms with Gasteiger partial charge in [-0.05, 0) is 31.1 Å². The number of sulfonamides is 1. The van der Waals surface area contributed by atoms with Crippen molar-refractivity contribution in [2.24, 2.45) is 23.5 Å². The summed E-state index contributed by atoms with van der Waals surface area (Å²) in [7, 11) is -3.40. The molecule has 116 valence electrons. The predicted molar refractivity (Wildman–Crippen MR) is 79.3 cm³/mol. The smallest absolute Gasteiger partial charge is 0.231 e. The topological polar surface area (TPSA) is 127 Å². The number of carbonyl (C=O) groups excluding carboxylic acids is 1. The summed E-state index contributed by atoms with van der Waals surface area (Å²) in [5.74, 6) is 0.477. The Morgan fingerprint density at radius 1 is 1.29 bits per heavy atom. The molecule has 0 aromatic carbocycles. The van der Waals surface area contributed by atoms with Crippen molar-refractivity contribution in [1.29, 1.82) is 0 Å². The Morgan fingerprint density at radius 3 is 2.57 bits per heavy atom. The number of hydrogen-bond donors (Lipinski definition) is 3. The molecule has 4 atom stereocenters. The van der Waals surface area contributed by atoms with Crippen LogP contribution in [0.25, 0.3) is 0 Å². The number of nitrogens with zero attached hydrogens (tertiary/aromatic N) is 2. The van der Waals surface area contributed by atoms with Crippen molar-refractivity contribution in [3.63, 3.8) is 0 Å². The fraction of sp³-hybridized carbons (Fsp3) is 0.727. The normalized spacial score (nSPS) is 31.3. The number of rotatable bonds is 4. The number of amides is 1. The van der Waals surface area contributed by atoms with E-state index in [1.54, 1.807) is 0 Å². The van der Waals surface area contributed by atoms with Crippen molar-refractivity contribution < 1.29 is 13.2 Å². The molecule has 0 radical (unpaired) electrons. The highest BCUT2D eigenvalue weighted by molar-refractivity contribution is 7.92. The Hall–Kier alpha value is -1.26. The third-order valence-corrected chi connectivity index (χ3v) is 5.66. The second-order valence-corrected chi connectivity index (χ2v) is 8.44. The molecule has 2 aliphatic carbocycles. The molecule has 0 aliphatic heterocycles. The first-order valence-corrected chi connectivity index (χ1v) is 9.42. The van der Waals surface area contributed by atoms with E-state index in [1.807, 2.05) is 0 Å². The minimum atomic E-state index is -3.40. The Labute approximate surface area is 126 Å². The summed E-state index contributed by atoms with van der Waals surface area (Å²) in [5.41, 5.74) is 6.12. The van der Waals surface area contributed by atoms with Gasteiger partial charge in [0.1, 0.15) is 0 Å². The molecule has 4 N–H and O–H groups in total. The second kappa shape index (κ2) is 5.18. The molecule has 2 fully saturated rings. The standard InChI is InChI=1S/C11H17N5O3S2/c1-21(18,19)16-11-15-14-10(20-11)13-9(17)7-5-2-3-6(4-5)8(7)12/h5-8H,2-4,12H2,1H3,(H,15,16)(H,13,14,17). The Balaban J connectivity index is 1.66. The van der Waals surface area contributed by atoms with Crippen LogP contribution in [0.2, 0.25) is 0 Å². The van der Waals surface area contributed by atoms with Crippen LogP contribution in [0.1, 0.15) is 19.3 Å². The third kappa shape index (κ3) is 3.01. The van der Waals surface area contributed by atoms with Gasteiger partial charge in [-0.25, -0.2) is 8.42 Å². The molecule has 2 bridgehead atoms. The fourth-order valence-electron chi connectivity index (χ4n) is 3.39. The summed E-state index contributed by atoms with van der Waals surface area (Å²) in [6, 6.07) is -0.0923. The molecule has 21 heavy (non-hydrogen) atoms. The molecular formula is C11H17N5O3S2. The monoisotopic (exact) mass is 331 g/mol. The van der Waals surface area contributed by atoms with E-state index in [2.05, 4.69) is 20.2 Å². The lowest BCUT2D eigenvalue weighted by atomic mass is 9.84. The van der Waals surface area contributed by atoms with E-state index in [4.69, 9.17) is 5.73 Å². The lowest BCUT2D eigenvalue weighted by molar-refractivity contribution is -0.121. The zero-order valence-corrected chi connectivity index (χ0v) is 13.1. The van der Waals surface area contributed by atoms with Gasteiger partial charge in [0.05, 0.1) is 12.2 Å². The van der Waals surface area contributed by atoms with Crippen molar-refractivity contribution in [2.75, 3.05) is 16.3 Å². The molecule has 1 aromatic heterocycles. The van der Waals surface area contributed by atoms with Crippen LogP contribution in [0.15, 0.2) is 0 Å². The minimum Gasteiger partial charge on any atom is -0.327 e. The Morgan fingerprint density at radius 2 is 1.95 bits per heavy atom. The van der Waals surface area contributed by atoms with Crippen LogP contribution in [-0.4, -0.2) is 36.8 Å². The average molecular weight is 331 g/mol. The van der Waals surface area contributed by atoms with E-state index in [0.717, 1.165) is 36.9 Å². The highest BCUT2D eigenvalue weighted by Crippen LogP contribution is 2.47. The number of carbonyl (C=O) groups is 1. The van der Waals surface area contributed by atoms with E-state index in [1.165, 1.54) is 0 Å². The molecule has 2 saturated carbocycles. The zero-order valence-electron chi connectivity index (χ0n) is 11.4. The van der Waals surface area contributed by atoms with Gasteiger partial charge in [-0.15, -0.1) is 10.2 Å². The van der Waals surface area contributed by atoms with Crippen LogP contribution < -0.4 is 15.8 Å². The van der Waals surface area contributed by atoms with E-state index in [-0.39, 0.29) is 28.1 Å². The molecule has 1 aromatic rings. The predicted octanol–water partition coefficient (Wildman–Crippen LogP) is 0.221. The molecule has 8 nitrogen and oxygen atoms in total. The summed E-state index contributed by atoms with van der Waals surface area (Å²) in [6.07, 6.45) is 4.21. The molecule has 3 rings (SSSR count). The third-order valence-electron chi connectivity index (χ3n) is 4.21. The molecule has 1 heterocycles. The molecular weight excluding hydrogens is 314 g/mol. The van der Waals surface area contributed by atoms with E-state index >= 15 is 0 Å². The van der Waals surface area contributed by atoms with Crippen LogP contribution in [0.4, 0.5) is 10.3 Å². The minimum absolute atomic E-state index is 0.0923. The molecule has 0 spiro atoms. The molecule has 2 aliphatic rings. The van der Waals surface area contributed by atoms with Gasteiger partial charge in [0.2, 0.25) is 26.2 Å². The maximum atomic E-state index is 12.3. The first-order valence-electron chi connectivity index (χ1n) is 6.71. The summed E-state index contributed by atoms with van der Waals surface area (Å²) < 4.78 is 24.4. The number of aromatic nitrogens is 2. The molecule has 10 heteroatoms. The van der Waals surface area contributed by atoms with Crippen LogP contribution in [0.5, 0.6) is 0 Å². The van der Waals surface area contributed by atoms with E-state index in [9.17, 15) is 13.2 Å². The maximum Gasteiger partial charge on any atom is 0.231 e. The number of hydrogen-bond acceptors (Lipinski definition) is 7. The SMILES string of the molecule is CS(=O)(=O)Nc1nnc(NC(=O)C2C3CCC(C3)C2N)s1. The lowest BCUT2D eigenvalue weighted by Gasteiger charge is -2.26. The highest BCUT2D eigenvalue weighted by atomic mass is 32.2. The van der Waals surface area contributed by atoms with Crippen molar-refractivity contribution in [2.45, 2.75) is 25.3 Å². The first kappa shape index (κ1) is 14.7. The van der Waals surface area contributed by atoms with Gasteiger partial charge >= 0.3 is 0 Å². The van der Waals surface area contributed by atoms with Gasteiger partial charge in [0.15, 0.2) is 0 Å². The number of nitrogens with one attached hydrogen (secondary N) is 2. The van der Waals surface area contributed by atoms with E-state index < -0.39 is 10.0 Å². The van der Waals surface area contributed by atoms with Crippen molar-refractivity contribution >= 4 is 37.5 Å². The molecule has 4 unspecified atom stereocenters. The number of anilines is 2. The van der Waals surface area contributed by atoms with Crippen molar-refractivity contribution in [3.8, 4) is 0 Å². The lowest BCUT2D eigenvalue weighted by Crippen LogP contribution is -2.42. The second-order valence-electron chi connectivity index (χ2n) is 5.71. The number of nitrogens with two attached hydrogens (primary N) is 1. The Kier molecular flexibility index (Phi) is 3.62. The summed E-state index contributed by atoms with van der Waals surface area (Å²) in [6.45, 7) is 0. The largest absolute Gasteiger partial charge is 0.327 e.